The zero-order chi connectivity index (χ0) is 12.3. The first-order valence-electron chi connectivity index (χ1n) is 5.60. The maximum atomic E-state index is 6.05. The molecule has 0 amide bonds. The first-order valence-corrected chi connectivity index (χ1v) is 5.60. The predicted molar refractivity (Wildman–Crippen MR) is 70.3 cm³/mol. The number of anilines is 1. The lowest BCUT2D eigenvalue weighted by Crippen LogP contribution is -2.01. The normalized spacial score (nSPS) is 10.1. The number of benzene rings is 1. The number of nitrogen functional groups attached to an aromatic ring is 1. The number of nitrogens with two attached hydrogens (primary N) is 1. The summed E-state index contributed by atoms with van der Waals surface area (Å²) in [5, 5.41) is 0. The van der Waals surface area contributed by atoms with Gasteiger partial charge < -0.3 is 10.3 Å². The lowest BCUT2D eigenvalue weighted by molar-refractivity contribution is 0.852. The largest absolute Gasteiger partial charge is 0.383 e. The highest BCUT2D eigenvalue weighted by Gasteiger charge is 2.11. The van der Waals surface area contributed by atoms with Crippen LogP contribution in [0.2, 0.25) is 0 Å². The number of imidazole rings is 1. The van der Waals surface area contributed by atoms with Crippen molar-refractivity contribution in [3.63, 3.8) is 0 Å². The monoisotopic (exact) mass is 225 g/mol. The first kappa shape index (κ1) is 11.3. The first-order chi connectivity index (χ1) is 8.27. The van der Waals surface area contributed by atoms with E-state index in [2.05, 4.69) is 23.9 Å². The summed E-state index contributed by atoms with van der Waals surface area (Å²) in [6.07, 6.45) is 7.93. The summed E-state index contributed by atoms with van der Waals surface area (Å²) in [4.78, 5) is 4.36. The molecule has 3 nitrogen and oxygen atoms in total. The van der Waals surface area contributed by atoms with Crippen molar-refractivity contribution in [2.24, 2.45) is 0 Å². The van der Waals surface area contributed by atoms with Crippen LogP contribution < -0.4 is 5.73 Å². The molecule has 0 bridgehead atoms. The number of nitrogens with zero attached hydrogens (tertiary/aromatic N) is 2. The Hall–Kier alpha value is -2.21. The van der Waals surface area contributed by atoms with Gasteiger partial charge in [0.15, 0.2) is 0 Å². The lowest BCUT2D eigenvalue weighted by atomic mass is 10.0. The lowest BCUT2D eigenvalue weighted by Gasteiger charge is -2.06. The van der Waals surface area contributed by atoms with Gasteiger partial charge in [-0.25, -0.2) is 4.98 Å². The van der Waals surface area contributed by atoms with Crippen LogP contribution in [0, 0.1) is 12.3 Å². The molecule has 0 aliphatic carbocycles. The number of hydrogen-bond donors (Lipinski definition) is 1. The smallest absolute Gasteiger partial charge is 0.132 e. The summed E-state index contributed by atoms with van der Waals surface area (Å²) in [6.45, 7) is 2.57. The highest BCUT2D eigenvalue weighted by Crippen LogP contribution is 2.27. The molecule has 0 spiro atoms. The summed E-state index contributed by atoms with van der Waals surface area (Å²) in [7, 11) is 0. The molecule has 0 saturated heterocycles. The SMILES string of the molecule is C#CCn1cnc(-c2ccccc2CC)c1N. The molecule has 0 unspecified atom stereocenters. The summed E-state index contributed by atoms with van der Waals surface area (Å²) in [5.41, 5.74) is 9.19. The van der Waals surface area contributed by atoms with Crippen molar-refractivity contribution in [1.29, 1.82) is 0 Å². The maximum Gasteiger partial charge on any atom is 0.132 e. The number of terminal acetylenes is 1. The zero-order valence-electron chi connectivity index (χ0n) is 9.85. The van der Waals surface area contributed by atoms with E-state index in [1.54, 1.807) is 10.9 Å². The Bertz CT molecular complexity index is 561. The van der Waals surface area contributed by atoms with Crippen LogP contribution in [-0.2, 0) is 13.0 Å². The van der Waals surface area contributed by atoms with E-state index in [0.29, 0.717) is 12.4 Å². The molecule has 1 aromatic heterocycles. The molecule has 0 radical (unpaired) electrons. The molecule has 0 saturated carbocycles. The molecular formula is C14H15N3. The van der Waals surface area contributed by atoms with Crippen molar-refractivity contribution < 1.29 is 0 Å². The van der Waals surface area contributed by atoms with E-state index in [4.69, 9.17) is 12.2 Å². The van der Waals surface area contributed by atoms with Crippen LogP contribution in [0.25, 0.3) is 11.3 Å². The van der Waals surface area contributed by atoms with Crippen LogP contribution in [0.15, 0.2) is 30.6 Å². The third-order valence-corrected chi connectivity index (χ3v) is 2.79. The van der Waals surface area contributed by atoms with Gasteiger partial charge in [-0.2, -0.15) is 0 Å². The van der Waals surface area contributed by atoms with Gasteiger partial charge in [0.1, 0.15) is 11.5 Å². The van der Waals surface area contributed by atoms with Gasteiger partial charge in [-0.15, -0.1) is 6.42 Å². The van der Waals surface area contributed by atoms with Crippen LogP contribution in [0.1, 0.15) is 12.5 Å². The molecule has 0 atom stereocenters. The predicted octanol–water partition coefficient (Wildman–Crippen LogP) is 2.33. The minimum Gasteiger partial charge on any atom is -0.383 e. The Morgan fingerprint density at radius 1 is 1.41 bits per heavy atom. The average Bonchev–Trinajstić information content (AvgIpc) is 2.72. The molecule has 2 rings (SSSR count). The van der Waals surface area contributed by atoms with Crippen molar-refractivity contribution in [1.82, 2.24) is 9.55 Å². The highest BCUT2D eigenvalue weighted by molar-refractivity contribution is 5.73. The highest BCUT2D eigenvalue weighted by atomic mass is 15.1. The summed E-state index contributed by atoms with van der Waals surface area (Å²) in [5.74, 6) is 3.19. The molecule has 3 heteroatoms. The fraction of sp³-hybridized carbons (Fsp3) is 0.214. The maximum absolute atomic E-state index is 6.05. The fourth-order valence-electron chi connectivity index (χ4n) is 1.88. The van der Waals surface area contributed by atoms with E-state index in [1.165, 1.54) is 5.56 Å². The van der Waals surface area contributed by atoms with Gasteiger partial charge in [-0.1, -0.05) is 37.1 Å². The Morgan fingerprint density at radius 2 is 2.18 bits per heavy atom. The van der Waals surface area contributed by atoms with Gasteiger partial charge in [-0.05, 0) is 12.0 Å². The minimum absolute atomic E-state index is 0.452. The van der Waals surface area contributed by atoms with E-state index < -0.39 is 0 Å². The van der Waals surface area contributed by atoms with Gasteiger partial charge in [-0.3, -0.25) is 0 Å². The number of aromatic nitrogens is 2. The number of hydrogen-bond acceptors (Lipinski definition) is 2. The molecule has 0 aliphatic heterocycles. The Labute approximate surface area is 101 Å². The summed E-state index contributed by atoms with van der Waals surface area (Å²) >= 11 is 0. The van der Waals surface area contributed by atoms with Crippen LogP contribution >= 0.6 is 0 Å². The second-order valence-electron chi connectivity index (χ2n) is 3.82. The topological polar surface area (TPSA) is 43.8 Å². The van der Waals surface area contributed by atoms with E-state index in [0.717, 1.165) is 17.7 Å². The molecule has 17 heavy (non-hydrogen) atoms. The second-order valence-corrected chi connectivity index (χ2v) is 3.82. The van der Waals surface area contributed by atoms with Gasteiger partial charge >= 0.3 is 0 Å². The Morgan fingerprint density at radius 3 is 2.88 bits per heavy atom. The Kier molecular flexibility index (Phi) is 3.15. The van der Waals surface area contributed by atoms with Gasteiger partial charge in [0.25, 0.3) is 0 Å². The standard InChI is InChI=1S/C14H15N3/c1-3-9-17-10-16-13(14(17)15)12-8-6-5-7-11(12)4-2/h1,5-8,10H,4,9,15H2,2H3. The second kappa shape index (κ2) is 4.75. The third kappa shape index (κ3) is 2.02. The molecule has 1 aromatic carbocycles. The molecule has 2 aromatic rings. The van der Waals surface area contributed by atoms with E-state index in [-0.39, 0.29) is 0 Å². The summed E-state index contributed by atoms with van der Waals surface area (Å²) in [6, 6.07) is 8.15. The molecule has 86 valence electrons. The molecule has 1 heterocycles. The molecule has 0 aliphatic rings. The third-order valence-electron chi connectivity index (χ3n) is 2.79. The van der Waals surface area contributed by atoms with Crippen molar-refractivity contribution in [3.8, 4) is 23.6 Å². The van der Waals surface area contributed by atoms with Gasteiger partial charge in [0, 0.05) is 5.56 Å². The van der Waals surface area contributed by atoms with Crippen molar-refractivity contribution in [2.45, 2.75) is 19.9 Å². The average molecular weight is 225 g/mol. The van der Waals surface area contributed by atoms with E-state index in [9.17, 15) is 0 Å². The van der Waals surface area contributed by atoms with Crippen LogP contribution in [0.3, 0.4) is 0 Å². The van der Waals surface area contributed by atoms with E-state index in [1.807, 2.05) is 18.2 Å². The minimum atomic E-state index is 0.452. The van der Waals surface area contributed by atoms with Gasteiger partial charge in [0.05, 0.1) is 12.9 Å². The molecule has 0 fully saturated rings. The van der Waals surface area contributed by atoms with Crippen molar-refractivity contribution in [3.05, 3.63) is 36.2 Å². The number of rotatable bonds is 3. The van der Waals surface area contributed by atoms with Crippen LogP contribution in [0.5, 0.6) is 0 Å². The number of aryl methyl sites for hydroxylation is 1. The van der Waals surface area contributed by atoms with Crippen molar-refractivity contribution >= 4 is 5.82 Å². The molecule has 2 N–H and O–H groups in total. The van der Waals surface area contributed by atoms with E-state index >= 15 is 0 Å². The Balaban J connectivity index is 2.50. The van der Waals surface area contributed by atoms with Crippen molar-refractivity contribution in [2.75, 3.05) is 5.73 Å². The summed E-state index contributed by atoms with van der Waals surface area (Å²) < 4.78 is 1.78. The fourth-order valence-corrected chi connectivity index (χ4v) is 1.88. The van der Waals surface area contributed by atoms with Crippen LogP contribution in [0.4, 0.5) is 5.82 Å². The van der Waals surface area contributed by atoms with Crippen LogP contribution in [-0.4, -0.2) is 9.55 Å². The quantitative estimate of drug-likeness (QED) is 0.815. The van der Waals surface area contributed by atoms with Gasteiger partial charge in [0.2, 0.25) is 0 Å². The zero-order valence-corrected chi connectivity index (χ0v) is 9.85. The molecular weight excluding hydrogens is 210 g/mol.